The third-order valence-corrected chi connectivity index (χ3v) is 5.09. The van der Waals surface area contributed by atoms with Crippen LogP contribution in [0.1, 0.15) is 18.5 Å². The molecule has 1 saturated heterocycles. The van der Waals surface area contributed by atoms with E-state index in [0.29, 0.717) is 31.9 Å². The predicted molar refractivity (Wildman–Crippen MR) is 103 cm³/mol. The molecule has 2 aromatic heterocycles. The Morgan fingerprint density at radius 1 is 1.18 bits per heavy atom. The van der Waals surface area contributed by atoms with E-state index in [0.717, 1.165) is 22.6 Å². The quantitative estimate of drug-likeness (QED) is 0.751. The molecule has 0 spiro atoms. The number of aryl methyl sites for hydroxylation is 1. The average Bonchev–Trinajstić information content (AvgIpc) is 3.10. The summed E-state index contributed by atoms with van der Waals surface area (Å²) in [4.78, 5) is 22.5. The number of piperidine rings is 1. The maximum atomic E-state index is 13.2. The maximum Gasteiger partial charge on any atom is 0.225 e. The zero-order chi connectivity index (χ0) is 19.7. The van der Waals surface area contributed by atoms with Crippen LogP contribution >= 0.6 is 0 Å². The Labute approximate surface area is 162 Å². The SMILES string of the molecule is Cc1nn(-c2ccc(F)cc2)cc1-c1ccnc(N2CCC(C(N)=O)CC2)n1. The highest BCUT2D eigenvalue weighted by Gasteiger charge is 2.24. The van der Waals surface area contributed by atoms with Crippen molar-refractivity contribution < 1.29 is 9.18 Å². The van der Waals surface area contributed by atoms with E-state index >= 15 is 0 Å². The molecule has 0 saturated carbocycles. The van der Waals surface area contributed by atoms with Crippen molar-refractivity contribution in [1.82, 2.24) is 19.7 Å². The minimum Gasteiger partial charge on any atom is -0.369 e. The van der Waals surface area contributed by atoms with Crippen LogP contribution in [-0.2, 0) is 4.79 Å². The number of nitrogens with zero attached hydrogens (tertiary/aromatic N) is 5. The molecule has 3 heterocycles. The van der Waals surface area contributed by atoms with E-state index in [-0.39, 0.29) is 17.6 Å². The number of amides is 1. The number of benzene rings is 1. The van der Waals surface area contributed by atoms with E-state index in [1.54, 1.807) is 23.0 Å². The molecule has 0 atom stereocenters. The van der Waals surface area contributed by atoms with Crippen molar-refractivity contribution in [2.45, 2.75) is 19.8 Å². The Bertz CT molecular complexity index is 992. The third-order valence-electron chi connectivity index (χ3n) is 5.09. The highest BCUT2D eigenvalue weighted by Crippen LogP contribution is 2.25. The number of hydrogen-bond donors (Lipinski definition) is 1. The van der Waals surface area contributed by atoms with Gasteiger partial charge in [-0.2, -0.15) is 5.10 Å². The summed E-state index contributed by atoms with van der Waals surface area (Å²) in [6.07, 6.45) is 5.04. The molecule has 1 amide bonds. The monoisotopic (exact) mass is 380 g/mol. The molecule has 7 nitrogen and oxygen atoms in total. The van der Waals surface area contributed by atoms with Gasteiger partial charge in [-0.25, -0.2) is 19.0 Å². The number of nitrogens with two attached hydrogens (primary N) is 1. The highest BCUT2D eigenvalue weighted by atomic mass is 19.1. The summed E-state index contributed by atoms with van der Waals surface area (Å²) in [5.74, 6) is 0.0384. The molecule has 4 rings (SSSR count). The summed E-state index contributed by atoms with van der Waals surface area (Å²) >= 11 is 0. The van der Waals surface area contributed by atoms with E-state index in [1.807, 2.05) is 19.2 Å². The fraction of sp³-hybridized carbons (Fsp3) is 0.300. The molecule has 1 aromatic carbocycles. The van der Waals surface area contributed by atoms with Crippen molar-refractivity contribution in [3.8, 4) is 16.9 Å². The van der Waals surface area contributed by atoms with Crippen molar-refractivity contribution in [3.05, 3.63) is 54.2 Å². The lowest BCUT2D eigenvalue weighted by atomic mass is 9.96. The van der Waals surface area contributed by atoms with Crippen LogP contribution in [0, 0.1) is 18.7 Å². The summed E-state index contributed by atoms with van der Waals surface area (Å²) in [5.41, 5.74) is 8.67. The zero-order valence-electron chi connectivity index (χ0n) is 15.5. The number of carbonyl (C=O) groups excluding carboxylic acids is 1. The average molecular weight is 380 g/mol. The fourth-order valence-electron chi connectivity index (χ4n) is 3.45. The smallest absolute Gasteiger partial charge is 0.225 e. The summed E-state index contributed by atoms with van der Waals surface area (Å²) in [7, 11) is 0. The molecule has 0 radical (unpaired) electrons. The van der Waals surface area contributed by atoms with E-state index in [9.17, 15) is 9.18 Å². The third kappa shape index (κ3) is 3.58. The summed E-state index contributed by atoms with van der Waals surface area (Å²) in [6, 6.07) is 8.02. The summed E-state index contributed by atoms with van der Waals surface area (Å²) in [5, 5.41) is 4.53. The van der Waals surface area contributed by atoms with Gasteiger partial charge in [0.05, 0.1) is 17.1 Å². The standard InChI is InChI=1S/C20H21FN6O/c1-13-17(12-27(25-13)16-4-2-15(21)3-5-16)18-6-9-23-20(24-18)26-10-7-14(8-11-26)19(22)28/h2-6,9,12,14H,7-8,10-11H2,1H3,(H2,22,28). The predicted octanol–water partition coefficient (Wildman–Crippen LogP) is 2.48. The first-order valence-corrected chi connectivity index (χ1v) is 9.21. The van der Waals surface area contributed by atoms with Crippen LogP contribution < -0.4 is 10.6 Å². The van der Waals surface area contributed by atoms with Gasteiger partial charge in [0.25, 0.3) is 0 Å². The molecule has 0 aliphatic carbocycles. The second kappa shape index (κ2) is 7.38. The largest absolute Gasteiger partial charge is 0.369 e. The lowest BCUT2D eigenvalue weighted by Gasteiger charge is -2.30. The van der Waals surface area contributed by atoms with E-state index in [4.69, 9.17) is 10.7 Å². The van der Waals surface area contributed by atoms with E-state index in [2.05, 4.69) is 15.0 Å². The molecule has 1 aliphatic rings. The minimum absolute atomic E-state index is 0.0735. The van der Waals surface area contributed by atoms with Crippen molar-refractivity contribution in [3.63, 3.8) is 0 Å². The van der Waals surface area contributed by atoms with Gasteiger partial charge in [-0.15, -0.1) is 0 Å². The number of hydrogen-bond acceptors (Lipinski definition) is 5. The van der Waals surface area contributed by atoms with Crippen LogP contribution in [0.15, 0.2) is 42.7 Å². The zero-order valence-corrected chi connectivity index (χ0v) is 15.5. The van der Waals surface area contributed by atoms with Crippen molar-refractivity contribution in [2.75, 3.05) is 18.0 Å². The van der Waals surface area contributed by atoms with Gasteiger partial charge in [-0.05, 0) is 50.1 Å². The number of anilines is 1. The van der Waals surface area contributed by atoms with Gasteiger partial charge < -0.3 is 10.6 Å². The highest BCUT2D eigenvalue weighted by molar-refractivity contribution is 5.77. The van der Waals surface area contributed by atoms with Crippen LogP contribution in [0.4, 0.5) is 10.3 Å². The molecule has 3 aromatic rings. The van der Waals surface area contributed by atoms with Crippen LogP contribution in [0.3, 0.4) is 0 Å². The van der Waals surface area contributed by atoms with E-state index < -0.39 is 0 Å². The molecule has 8 heteroatoms. The van der Waals surface area contributed by atoms with Crippen LogP contribution in [0.2, 0.25) is 0 Å². The number of primary amides is 1. The fourth-order valence-corrected chi connectivity index (χ4v) is 3.45. The number of carbonyl (C=O) groups is 1. The molecule has 2 N–H and O–H groups in total. The Morgan fingerprint density at radius 3 is 2.57 bits per heavy atom. The number of halogens is 1. The molecule has 0 unspecified atom stereocenters. The lowest BCUT2D eigenvalue weighted by Crippen LogP contribution is -2.39. The van der Waals surface area contributed by atoms with Crippen LogP contribution in [-0.4, -0.2) is 38.7 Å². The van der Waals surface area contributed by atoms with Crippen LogP contribution in [0.25, 0.3) is 16.9 Å². The molecular formula is C20H21FN6O. The van der Waals surface area contributed by atoms with Gasteiger partial charge in [-0.3, -0.25) is 4.79 Å². The van der Waals surface area contributed by atoms with Gasteiger partial charge in [0.1, 0.15) is 5.82 Å². The summed E-state index contributed by atoms with van der Waals surface area (Å²) < 4.78 is 14.9. The minimum atomic E-state index is -0.284. The van der Waals surface area contributed by atoms with Gasteiger partial charge in [0, 0.05) is 37.0 Å². The molecule has 1 fully saturated rings. The summed E-state index contributed by atoms with van der Waals surface area (Å²) in [6.45, 7) is 3.31. The Morgan fingerprint density at radius 2 is 1.89 bits per heavy atom. The topological polar surface area (TPSA) is 89.9 Å². The molecule has 0 bridgehead atoms. The number of aromatic nitrogens is 4. The first kappa shape index (κ1) is 18.1. The normalized spacial score (nSPS) is 15.0. The Hall–Kier alpha value is -3.29. The van der Waals surface area contributed by atoms with Gasteiger partial charge in [0.15, 0.2) is 0 Å². The van der Waals surface area contributed by atoms with Gasteiger partial charge in [0.2, 0.25) is 11.9 Å². The maximum absolute atomic E-state index is 13.2. The second-order valence-electron chi connectivity index (χ2n) is 6.95. The van der Waals surface area contributed by atoms with Gasteiger partial charge in [-0.1, -0.05) is 0 Å². The molecular weight excluding hydrogens is 359 g/mol. The number of rotatable bonds is 4. The van der Waals surface area contributed by atoms with Crippen molar-refractivity contribution >= 4 is 11.9 Å². The second-order valence-corrected chi connectivity index (χ2v) is 6.95. The molecule has 28 heavy (non-hydrogen) atoms. The van der Waals surface area contributed by atoms with Gasteiger partial charge >= 0.3 is 0 Å². The van der Waals surface area contributed by atoms with Crippen LogP contribution in [0.5, 0.6) is 0 Å². The molecule has 144 valence electrons. The van der Waals surface area contributed by atoms with Crippen molar-refractivity contribution in [1.29, 1.82) is 0 Å². The Kier molecular flexibility index (Phi) is 4.77. The molecule has 1 aliphatic heterocycles. The lowest BCUT2D eigenvalue weighted by molar-refractivity contribution is -0.122. The van der Waals surface area contributed by atoms with Crippen molar-refractivity contribution in [2.24, 2.45) is 11.7 Å². The first-order valence-electron chi connectivity index (χ1n) is 9.21. The Balaban J connectivity index is 1.58. The van der Waals surface area contributed by atoms with E-state index in [1.165, 1.54) is 12.1 Å². The first-order chi connectivity index (χ1) is 13.5.